The summed E-state index contributed by atoms with van der Waals surface area (Å²) < 4.78 is 11.4. The van der Waals surface area contributed by atoms with E-state index in [-0.39, 0.29) is 17.6 Å². The lowest BCUT2D eigenvalue weighted by Crippen LogP contribution is -2.22. The predicted octanol–water partition coefficient (Wildman–Crippen LogP) is 6.38. The Labute approximate surface area is 221 Å². The first-order chi connectivity index (χ1) is 18.5. The van der Waals surface area contributed by atoms with Gasteiger partial charge in [-0.3, -0.25) is 9.59 Å². The summed E-state index contributed by atoms with van der Waals surface area (Å²) in [4.78, 5) is 25.8. The van der Waals surface area contributed by atoms with Crippen molar-refractivity contribution in [1.29, 1.82) is 0 Å². The molecule has 4 aromatic rings. The Bertz CT molecular complexity index is 1470. The zero-order valence-electron chi connectivity index (χ0n) is 21.4. The van der Waals surface area contributed by atoms with Crippen LogP contribution >= 0.6 is 0 Å². The average Bonchev–Trinajstić information content (AvgIpc) is 3.30. The van der Waals surface area contributed by atoms with E-state index >= 15 is 0 Å². The van der Waals surface area contributed by atoms with Crippen LogP contribution in [0.3, 0.4) is 0 Å². The molecule has 3 aromatic carbocycles. The standard InChI is InChI=1S/C31H29N3O4/c1-3-37-25-18-16-24(17-19-25)32-31(36)29-20(2)28-26(10-7-11-27(28)38-29)33-34-30(35)23-14-12-22(13-15-23)21-8-5-4-6-9-21/h4-6,8-9,12-19H,3,7,10-11H2,1-2H3,(H,32,36)(H,34,35)/b33-26+. The van der Waals surface area contributed by atoms with Gasteiger partial charge in [-0.15, -0.1) is 0 Å². The first kappa shape index (κ1) is 25.0. The fourth-order valence-corrected chi connectivity index (χ4v) is 4.61. The number of aryl methyl sites for hydroxylation is 1. The van der Waals surface area contributed by atoms with Crippen LogP contribution in [0.15, 0.2) is 88.4 Å². The third-order valence-electron chi connectivity index (χ3n) is 6.50. The molecule has 1 aliphatic rings. The highest BCUT2D eigenvalue weighted by molar-refractivity contribution is 6.09. The monoisotopic (exact) mass is 507 g/mol. The molecule has 5 rings (SSSR count). The van der Waals surface area contributed by atoms with E-state index < -0.39 is 0 Å². The lowest BCUT2D eigenvalue weighted by Gasteiger charge is -2.13. The second-order valence-electron chi connectivity index (χ2n) is 9.06. The van der Waals surface area contributed by atoms with Gasteiger partial charge in [-0.2, -0.15) is 5.10 Å². The third kappa shape index (κ3) is 5.37. The van der Waals surface area contributed by atoms with Crippen LogP contribution < -0.4 is 15.5 Å². The number of rotatable bonds is 7. The Hall–Kier alpha value is -4.65. The average molecular weight is 508 g/mol. The fraction of sp³-hybridized carbons (Fsp3) is 0.194. The van der Waals surface area contributed by atoms with Crippen LogP contribution in [-0.4, -0.2) is 24.1 Å². The normalized spacial score (nSPS) is 13.6. The number of anilines is 1. The molecule has 2 amide bonds. The van der Waals surface area contributed by atoms with Crippen molar-refractivity contribution in [2.45, 2.75) is 33.1 Å². The van der Waals surface area contributed by atoms with Crippen molar-refractivity contribution in [3.8, 4) is 16.9 Å². The Kier molecular flexibility index (Phi) is 7.35. The number of nitrogens with zero attached hydrogens (tertiary/aromatic N) is 1. The van der Waals surface area contributed by atoms with Gasteiger partial charge in [-0.25, -0.2) is 5.43 Å². The molecular weight excluding hydrogens is 478 g/mol. The number of carbonyl (C=O) groups excluding carboxylic acids is 2. The summed E-state index contributed by atoms with van der Waals surface area (Å²) in [7, 11) is 0. The lowest BCUT2D eigenvalue weighted by molar-refractivity contribution is 0.0953. The summed E-state index contributed by atoms with van der Waals surface area (Å²) in [5.74, 6) is 1.08. The molecule has 0 aliphatic heterocycles. The van der Waals surface area contributed by atoms with Gasteiger partial charge >= 0.3 is 0 Å². The van der Waals surface area contributed by atoms with Crippen LogP contribution in [0, 0.1) is 6.92 Å². The van der Waals surface area contributed by atoms with Crippen molar-refractivity contribution in [2.75, 3.05) is 11.9 Å². The predicted molar refractivity (Wildman–Crippen MR) is 148 cm³/mol. The smallest absolute Gasteiger partial charge is 0.291 e. The van der Waals surface area contributed by atoms with E-state index in [2.05, 4.69) is 15.8 Å². The zero-order chi connectivity index (χ0) is 26.5. The Morgan fingerprint density at radius 3 is 2.32 bits per heavy atom. The zero-order valence-corrected chi connectivity index (χ0v) is 21.4. The van der Waals surface area contributed by atoms with Crippen LogP contribution in [0.5, 0.6) is 5.75 Å². The van der Waals surface area contributed by atoms with Crippen molar-refractivity contribution in [1.82, 2.24) is 5.43 Å². The van der Waals surface area contributed by atoms with Crippen molar-refractivity contribution < 1.29 is 18.7 Å². The summed E-state index contributed by atoms with van der Waals surface area (Å²) in [6, 6.07) is 24.6. The number of ether oxygens (including phenoxy) is 1. The highest BCUT2D eigenvalue weighted by atomic mass is 16.5. The summed E-state index contributed by atoms with van der Waals surface area (Å²) in [5, 5.41) is 7.32. The molecule has 1 heterocycles. The molecule has 0 radical (unpaired) electrons. The second kappa shape index (κ2) is 11.2. The molecule has 0 saturated carbocycles. The van der Waals surface area contributed by atoms with Gasteiger partial charge in [0.05, 0.1) is 12.3 Å². The summed E-state index contributed by atoms with van der Waals surface area (Å²) in [5.41, 5.74) is 8.20. The molecule has 0 unspecified atom stereocenters. The minimum absolute atomic E-state index is 0.251. The number of nitrogens with one attached hydrogen (secondary N) is 2. The van der Waals surface area contributed by atoms with Gasteiger partial charge < -0.3 is 14.5 Å². The summed E-state index contributed by atoms with van der Waals surface area (Å²) >= 11 is 0. The van der Waals surface area contributed by atoms with Crippen LogP contribution in [0.4, 0.5) is 5.69 Å². The number of amides is 2. The first-order valence-corrected chi connectivity index (χ1v) is 12.7. The third-order valence-corrected chi connectivity index (χ3v) is 6.50. The molecular formula is C31H29N3O4. The van der Waals surface area contributed by atoms with Gasteiger partial charge in [0.1, 0.15) is 11.5 Å². The minimum atomic E-state index is -0.331. The van der Waals surface area contributed by atoms with Crippen molar-refractivity contribution >= 4 is 23.2 Å². The minimum Gasteiger partial charge on any atom is -0.494 e. The molecule has 7 nitrogen and oxygen atoms in total. The van der Waals surface area contributed by atoms with Crippen molar-refractivity contribution in [3.05, 3.63) is 107 Å². The fourth-order valence-electron chi connectivity index (χ4n) is 4.61. The lowest BCUT2D eigenvalue weighted by atomic mass is 9.93. The molecule has 192 valence electrons. The molecule has 1 aliphatic carbocycles. The molecule has 0 saturated heterocycles. The van der Waals surface area contributed by atoms with E-state index in [1.54, 1.807) is 24.3 Å². The van der Waals surface area contributed by atoms with E-state index in [0.717, 1.165) is 28.9 Å². The van der Waals surface area contributed by atoms with Gasteiger partial charge in [0.15, 0.2) is 5.76 Å². The van der Waals surface area contributed by atoms with Gasteiger partial charge in [-0.05, 0) is 74.2 Å². The SMILES string of the molecule is CCOc1ccc(NC(=O)c2oc3c(c2C)/C(=N/NC(=O)c2ccc(-c4ccccc4)cc2)CCC3)cc1. The molecule has 38 heavy (non-hydrogen) atoms. The quantitative estimate of drug-likeness (QED) is 0.284. The van der Waals surface area contributed by atoms with Crippen molar-refractivity contribution in [2.24, 2.45) is 5.10 Å². The van der Waals surface area contributed by atoms with E-state index in [1.807, 2.05) is 68.4 Å². The first-order valence-electron chi connectivity index (χ1n) is 12.7. The van der Waals surface area contributed by atoms with Gasteiger partial charge in [-0.1, -0.05) is 42.5 Å². The van der Waals surface area contributed by atoms with E-state index in [1.165, 1.54) is 0 Å². The molecule has 0 bridgehead atoms. The molecule has 7 heteroatoms. The summed E-state index contributed by atoms with van der Waals surface area (Å²) in [6.45, 7) is 4.34. The summed E-state index contributed by atoms with van der Waals surface area (Å²) in [6.07, 6.45) is 2.21. The molecule has 1 aromatic heterocycles. The van der Waals surface area contributed by atoms with E-state index in [0.29, 0.717) is 47.7 Å². The molecule has 0 fully saturated rings. The van der Waals surface area contributed by atoms with Gasteiger partial charge in [0.2, 0.25) is 0 Å². The Morgan fingerprint density at radius 2 is 1.61 bits per heavy atom. The van der Waals surface area contributed by atoms with Crippen LogP contribution in [0.1, 0.15) is 57.6 Å². The number of hydrogen-bond donors (Lipinski definition) is 2. The van der Waals surface area contributed by atoms with E-state index in [9.17, 15) is 9.59 Å². The van der Waals surface area contributed by atoms with Gasteiger partial charge in [0, 0.05) is 28.8 Å². The second-order valence-corrected chi connectivity index (χ2v) is 9.06. The van der Waals surface area contributed by atoms with E-state index in [4.69, 9.17) is 9.15 Å². The topological polar surface area (TPSA) is 92.9 Å². The molecule has 0 atom stereocenters. The maximum absolute atomic E-state index is 13.0. The number of benzene rings is 3. The maximum Gasteiger partial charge on any atom is 0.291 e. The van der Waals surface area contributed by atoms with Crippen LogP contribution in [0.2, 0.25) is 0 Å². The Balaban J connectivity index is 1.30. The number of hydrogen-bond acceptors (Lipinski definition) is 5. The highest BCUT2D eigenvalue weighted by Crippen LogP contribution is 2.30. The molecule has 2 N–H and O–H groups in total. The highest BCUT2D eigenvalue weighted by Gasteiger charge is 2.28. The number of furan rings is 1. The van der Waals surface area contributed by atoms with Gasteiger partial charge in [0.25, 0.3) is 11.8 Å². The Morgan fingerprint density at radius 1 is 0.895 bits per heavy atom. The largest absolute Gasteiger partial charge is 0.494 e. The number of fused-ring (bicyclic) bond motifs is 1. The van der Waals surface area contributed by atoms with Crippen LogP contribution in [0.25, 0.3) is 11.1 Å². The van der Waals surface area contributed by atoms with Crippen molar-refractivity contribution in [3.63, 3.8) is 0 Å². The number of carbonyl (C=O) groups is 2. The maximum atomic E-state index is 13.0. The molecule has 0 spiro atoms. The number of hydrazone groups is 1. The van der Waals surface area contributed by atoms with Crippen LogP contribution in [-0.2, 0) is 6.42 Å².